The van der Waals surface area contributed by atoms with E-state index in [1.807, 2.05) is 0 Å². The molecular weight excluding hydrogens is 420 g/mol. The largest absolute Gasteiger partial charge is 0.243 e. The van der Waals surface area contributed by atoms with Crippen LogP contribution in [0.5, 0.6) is 0 Å². The molecule has 10 heteroatoms. The molecule has 1 atom stereocenters. The van der Waals surface area contributed by atoms with Crippen LogP contribution in [0.2, 0.25) is 5.02 Å². The third-order valence-corrected chi connectivity index (χ3v) is 7.22. The number of sulfone groups is 2. The van der Waals surface area contributed by atoms with Crippen LogP contribution in [0.4, 0.5) is 8.78 Å². The molecule has 148 valence electrons. The van der Waals surface area contributed by atoms with Crippen LogP contribution >= 0.6 is 11.6 Å². The molecule has 0 amide bonds. The van der Waals surface area contributed by atoms with Crippen LogP contribution in [0.25, 0.3) is 0 Å². The molecule has 0 N–H and O–H groups in total. The predicted molar refractivity (Wildman–Crippen MR) is 99.1 cm³/mol. The highest BCUT2D eigenvalue weighted by Gasteiger charge is 2.32. The van der Waals surface area contributed by atoms with Crippen molar-refractivity contribution in [1.82, 2.24) is 4.98 Å². The zero-order chi connectivity index (χ0) is 20.2. The smallest absolute Gasteiger partial charge is 0.202 e. The molecule has 2 rings (SSSR count). The summed E-state index contributed by atoms with van der Waals surface area (Å²) in [6, 6.07) is 5.12. The van der Waals surface area contributed by atoms with Gasteiger partial charge in [0.05, 0.1) is 10.3 Å². The van der Waals surface area contributed by atoms with Crippen LogP contribution in [-0.2, 0) is 19.7 Å². The first-order valence-electron chi connectivity index (χ1n) is 7.99. The van der Waals surface area contributed by atoms with Crippen molar-refractivity contribution in [3.05, 3.63) is 58.7 Å². The van der Waals surface area contributed by atoms with Crippen LogP contribution in [0, 0.1) is 11.6 Å². The Labute approximate surface area is 162 Å². The Morgan fingerprint density at radius 3 is 2.37 bits per heavy atom. The molecule has 0 spiro atoms. The summed E-state index contributed by atoms with van der Waals surface area (Å²) in [5.74, 6) is -1.75. The number of nitrogens with zero attached hydrogens (tertiary/aromatic N) is 1. The molecule has 0 aliphatic carbocycles. The summed E-state index contributed by atoms with van der Waals surface area (Å²) in [6.45, 7) is 0. The highest BCUT2D eigenvalue weighted by molar-refractivity contribution is 7.91. The summed E-state index contributed by atoms with van der Waals surface area (Å²) >= 11 is 5.73. The van der Waals surface area contributed by atoms with Crippen LogP contribution in [0.15, 0.2) is 41.6 Å². The lowest BCUT2D eigenvalue weighted by molar-refractivity contribution is 0.541. The molecule has 0 fully saturated rings. The highest BCUT2D eigenvalue weighted by atomic mass is 35.5. The van der Waals surface area contributed by atoms with Crippen molar-refractivity contribution >= 4 is 31.3 Å². The lowest BCUT2D eigenvalue weighted by Crippen LogP contribution is -2.17. The Morgan fingerprint density at radius 2 is 1.78 bits per heavy atom. The average Bonchev–Trinajstić information content (AvgIpc) is 2.56. The van der Waals surface area contributed by atoms with Crippen molar-refractivity contribution in [2.24, 2.45) is 0 Å². The fourth-order valence-corrected chi connectivity index (χ4v) is 5.19. The molecule has 5 nitrogen and oxygen atoms in total. The summed E-state index contributed by atoms with van der Waals surface area (Å²) in [7, 11) is -7.36. The predicted octanol–water partition coefficient (Wildman–Crippen LogP) is 3.74. The van der Waals surface area contributed by atoms with E-state index in [-0.39, 0.29) is 40.6 Å². The van der Waals surface area contributed by atoms with Gasteiger partial charge in [-0.05, 0) is 43.2 Å². The maximum Gasteiger partial charge on any atom is 0.202 e. The summed E-state index contributed by atoms with van der Waals surface area (Å²) in [5.41, 5.74) is -0.314. The zero-order valence-corrected chi connectivity index (χ0v) is 16.8. The van der Waals surface area contributed by atoms with Gasteiger partial charge in [0.25, 0.3) is 0 Å². The standard InChI is InChI=1S/C17H18ClF2NO4S2/c1-26(22,23)9-3-2-4-16(14-10-13(19)6-7-15(14)20)27(24,25)17-8-5-12(18)11-21-17/h5-8,10-11,16H,2-4,9H2,1H3. The van der Waals surface area contributed by atoms with Crippen LogP contribution < -0.4 is 0 Å². The van der Waals surface area contributed by atoms with Crippen molar-refractivity contribution in [1.29, 1.82) is 0 Å². The van der Waals surface area contributed by atoms with E-state index in [2.05, 4.69) is 4.98 Å². The van der Waals surface area contributed by atoms with Gasteiger partial charge in [-0.3, -0.25) is 0 Å². The average molecular weight is 438 g/mol. The Balaban J connectivity index is 2.39. The third-order valence-electron chi connectivity index (χ3n) is 3.90. The first-order chi connectivity index (χ1) is 12.5. The summed E-state index contributed by atoms with van der Waals surface area (Å²) in [4.78, 5) is 3.78. The van der Waals surface area contributed by atoms with E-state index in [0.29, 0.717) is 0 Å². The van der Waals surface area contributed by atoms with Gasteiger partial charge in [0.2, 0.25) is 9.84 Å². The van der Waals surface area contributed by atoms with Crippen molar-refractivity contribution in [3.63, 3.8) is 0 Å². The first-order valence-corrected chi connectivity index (χ1v) is 12.0. The maximum atomic E-state index is 14.3. The van der Waals surface area contributed by atoms with Gasteiger partial charge >= 0.3 is 0 Å². The number of rotatable bonds is 8. The minimum Gasteiger partial charge on any atom is -0.243 e. The molecule has 0 saturated carbocycles. The van der Waals surface area contributed by atoms with E-state index in [0.717, 1.165) is 30.7 Å². The summed E-state index contributed by atoms with van der Waals surface area (Å²) in [5, 5.41) is -1.49. The summed E-state index contributed by atoms with van der Waals surface area (Å²) in [6.07, 6.45) is 2.54. The number of unbranched alkanes of at least 4 members (excludes halogenated alkanes) is 1. The molecule has 0 radical (unpaired) electrons. The fourth-order valence-electron chi connectivity index (χ4n) is 2.61. The number of aromatic nitrogens is 1. The molecule has 1 aromatic heterocycles. The number of hydrogen-bond acceptors (Lipinski definition) is 5. The molecule has 27 heavy (non-hydrogen) atoms. The van der Waals surface area contributed by atoms with Crippen molar-refractivity contribution in [2.75, 3.05) is 12.0 Å². The number of pyridine rings is 1. The lowest BCUT2D eigenvalue weighted by atomic mass is 10.1. The second kappa shape index (κ2) is 8.62. The van der Waals surface area contributed by atoms with Gasteiger partial charge in [0, 0.05) is 23.8 Å². The van der Waals surface area contributed by atoms with E-state index in [1.54, 1.807) is 0 Å². The van der Waals surface area contributed by atoms with Crippen LogP contribution in [0.1, 0.15) is 30.1 Å². The van der Waals surface area contributed by atoms with E-state index >= 15 is 0 Å². The molecule has 0 aliphatic heterocycles. The normalized spacial score (nSPS) is 13.5. The van der Waals surface area contributed by atoms with Gasteiger partial charge in [-0.2, -0.15) is 0 Å². The number of benzene rings is 1. The third kappa shape index (κ3) is 5.95. The monoisotopic (exact) mass is 437 g/mol. The fraction of sp³-hybridized carbons (Fsp3) is 0.353. The molecule has 1 heterocycles. The van der Waals surface area contributed by atoms with Gasteiger partial charge in [0.1, 0.15) is 21.5 Å². The molecule has 1 unspecified atom stereocenters. The highest BCUT2D eigenvalue weighted by Crippen LogP contribution is 2.34. The molecular formula is C17H18ClF2NO4S2. The molecule has 2 aromatic rings. The molecule has 1 aromatic carbocycles. The van der Waals surface area contributed by atoms with Crippen LogP contribution in [-0.4, -0.2) is 33.8 Å². The van der Waals surface area contributed by atoms with Gasteiger partial charge in [-0.1, -0.05) is 18.0 Å². The Hall–Kier alpha value is -1.58. The number of halogens is 3. The topological polar surface area (TPSA) is 81.2 Å². The molecule has 0 aliphatic rings. The summed E-state index contributed by atoms with van der Waals surface area (Å²) < 4.78 is 76.3. The second-order valence-corrected chi connectivity index (χ2v) is 10.9. The maximum absolute atomic E-state index is 14.3. The number of hydrogen-bond donors (Lipinski definition) is 0. The van der Waals surface area contributed by atoms with E-state index in [1.165, 1.54) is 12.1 Å². The van der Waals surface area contributed by atoms with Gasteiger partial charge in [-0.15, -0.1) is 0 Å². The van der Waals surface area contributed by atoms with E-state index < -0.39 is 36.6 Å². The second-order valence-electron chi connectivity index (χ2n) is 6.14. The van der Waals surface area contributed by atoms with Crippen LogP contribution in [0.3, 0.4) is 0 Å². The van der Waals surface area contributed by atoms with Crippen molar-refractivity contribution in [2.45, 2.75) is 29.5 Å². The minimum absolute atomic E-state index is 0.0808. The lowest BCUT2D eigenvalue weighted by Gasteiger charge is -2.18. The molecule has 0 bridgehead atoms. The van der Waals surface area contributed by atoms with E-state index in [9.17, 15) is 25.6 Å². The van der Waals surface area contributed by atoms with E-state index in [4.69, 9.17) is 11.6 Å². The molecule has 0 saturated heterocycles. The Bertz CT molecular complexity index is 1010. The zero-order valence-electron chi connectivity index (χ0n) is 14.4. The Kier molecular flexibility index (Phi) is 6.93. The van der Waals surface area contributed by atoms with Crippen molar-refractivity contribution < 1.29 is 25.6 Å². The SMILES string of the molecule is CS(=O)(=O)CCCCC(c1cc(F)ccc1F)S(=O)(=O)c1ccc(Cl)cn1. The Morgan fingerprint density at radius 1 is 1.07 bits per heavy atom. The minimum atomic E-state index is -4.15. The van der Waals surface area contributed by atoms with Gasteiger partial charge in [-0.25, -0.2) is 30.6 Å². The first kappa shape index (κ1) is 21.7. The van der Waals surface area contributed by atoms with Crippen molar-refractivity contribution in [3.8, 4) is 0 Å². The van der Waals surface area contributed by atoms with Gasteiger partial charge in [0.15, 0.2) is 5.03 Å². The van der Waals surface area contributed by atoms with Gasteiger partial charge < -0.3 is 0 Å². The quantitative estimate of drug-likeness (QED) is 0.587.